The van der Waals surface area contributed by atoms with Gasteiger partial charge in [0.1, 0.15) is 0 Å². The molecule has 0 aromatic carbocycles. The second kappa shape index (κ2) is 6.88. The Hall–Kier alpha value is -0.120. The van der Waals surface area contributed by atoms with E-state index in [4.69, 9.17) is 4.74 Å². The number of ether oxygens (including phenoxy) is 1. The van der Waals surface area contributed by atoms with Gasteiger partial charge in [0.2, 0.25) is 0 Å². The molecule has 2 aliphatic rings. The van der Waals surface area contributed by atoms with E-state index in [1.54, 1.807) is 0 Å². The van der Waals surface area contributed by atoms with Crippen LogP contribution in [0.2, 0.25) is 0 Å². The lowest BCUT2D eigenvalue weighted by Gasteiger charge is -2.39. The van der Waals surface area contributed by atoms with Crippen LogP contribution < -0.4 is 5.32 Å². The van der Waals surface area contributed by atoms with Crippen molar-refractivity contribution >= 4 is 0 Å². The lowest BCUT2D eigenvalue weighted by atomic mass is 9.84. The Kier molecular flexibility index (Phi) is 5.46. The molecule has 106 valence electrons. The van der Waals surface area contributed by atoms with Crippen LogP contribution in [0.3, 0.4) is 0 Å². The van der Waals surface area contributed by atoms with Crippen molar-refractivity contribution in [2.45, 2.75) is 51.1 Å². The Morgan fingerprint density at radius 2 is 2.06 bits per heavy atom. The Morgan fingerprint density at radius 3 is 2.67 bits per heavy atom. The van der Waals surface area contributed by atoms with Crippen LogP contribution in [0.1, 0.15) is 39.0 Å². The monoisotopic (exact) mass is 254 g/mol. The quantitative estimate of drug-likeness (QED) is 0.813. The minimum absolute atomic E-state index is 0.589. The highest BCUT2D eigenvalue weighted by atomic mass is 16.5. The van der Waals surface area contributed by atoms with E-state index in [9.17, 15) is 0 Å². The molecule has 1 heterocycles. The lowest BCUT2D eigenvalue weighted by Crippen LogP contribution is -2.48. The third kappa shape index (κ3) is 3.46. The third-order valence-electron chi connectivity index (χ3n) is 5.02. The van der Waals surface area contributed by atoms with Crippen LogP contribution in [0.4, 0.5) is 0 Å². The summed E-state index contributed by atoms with van der Waals surface area (Å²) < 4.78 is 5.53. The van der Waals surface area contributed by atoms with Gasteiger partial charge in [0.15, 0.2) is 0 Å². The summed E-state index contributed by atoms with van der Waals surface area (Å²) in [7, 11) is 4.41. The first-order valence-electron chi connectivity index (χ1n) is 7.67. The summed E-state index contributed by atoms with van der Waals surface area (Å²) in [6.07, 6.45) is 6.86. The first-order valence-corrected chi connectivity index (χ1v) is 7.67. The van der Waals surface area contributed by atoms with E-state index in [1.165, 1.54) is 38.6 Å². The van der Waals surface area contributed by atoms with Crippen molar-refractivity contribution in [3.63, 3.8) is 0 Å². The SMILES string of the molecule is CNC(CN(C)C1CCCCC1C)C1CCOC1. The molecular weight excluding hydrogens is 224 g/mol. The van der Waals surface area contributed by atoms with Crippen molar-refractivity contribution in [2.24, 2.45) is 11.8 Å². The molecule has 1 saturated carbocycles. The van der Waals surface area contributed by atoms with Crippen molar-refractivity contribution in [3.8, 4) is 0 Å². The van der Waals surface area contributed by atoms with Gasteiger partial charge in [0, 0.05) is 31.2 Å². The maximum absolute atomic E-state index is 5.53. The zero-order chi connectivity index (χ0) is 13.0. The van der Waals surface area contributed by atoms with Gasteiger partial charge < -0.3 is 15.0 Å². The van der Waals surface area contributed by atoms with Crippen molar-refractivity contribution in [1.82, 2.24) is 10.2 Å². The number of rotatable bonds is 5. The Labute approximate surface area is 112 Å². The normalized spacial score (nSPS) is 35.0. The van der Waals surface area contributed by atoms with Crippen molar-refractivity contribution < 1.29 is 4.74 Å². The molecule has 1 aliphatic carbocycles. The van der Waals surface area contributed by atoms with Crippen LogP contribution in [-0.4, -0.2) is 50.8 Å². The van der Waals surface area contributed by atoms with Gasteiger partial charge in [-0.1, -0.05) is 19.8 Å². The van der Waals surface area contributed by atoms with Gasteiger partial charge in [-0.3, -0.25) is 0 Å². The number of hydrogen-bond donors (Lipinski definition) is 1. The minimum Gasteiger partial charge on any atom is -0.381 e. The molecule has 4 atom stereocenters. The number of nitrogens with zero attached hydrogens (tertiary/aromatic N) is 1. The molecule has 4 unspecified atom stereocenters. The highest BCUT2D eigenvalue weighted by Gasteiger charge is 2.30. The standard InChI is InChI=1S/C15H30N2O/c1-12-6-4-5-7-15(12)17(3)10-14(16-2)13-8-9-18-11-13/h12-16H,4-11H2,1-3H3. The molecule has 3 heteroatoms. The smallest absolute Gasteiger partial charge is 0.0510 e. The predicted molar refractivity (Wildman–Crippen MR) is 75.8 cm³/mol. The predicted octanol–water partition coefficient (Wildman–Crippen LogP) is 2.12. The molecule has 0 bridgehead atoms. The van der Waals surface area contributed by atoms with Crippen molar-refractivity contribution in [1.29, 1.82) is 0 Å². The average Bonchev–Trinajstić information content (AvgIpc) is 2.90. The maximum atomic E-state index is 5.53. The topological polar surface area (TPSA) is 24.5 Å². The van der Waals surface area contributed by atoms with E-state index in [2.05, 4.69) is 31.2 Å². The first-order chi connectivity index (χ1) is 8.72. The van der Waals surface area contributed by atoms with Gasteiger partial charge in [-0.2, -0.15) is 0 Å². The van der Waals surface area contributed by atoms with E-state index in [0.717, 1.165) is 25.2 Å². The molecule has 0 aromatic heterocycles. The van der Waals surface area contributed by atoms with Gasteiger partial charge in [-0.25, -0.2) is 0 Å². The fourth-order valence-electron chi connectivity index (χ4n) is 3.74. The minimum atomic E-state index is 0.589. The molecule has 0 aromatic rings. The highest BCUT2D eigenvalue weighted by molar-refractivity contribution is 4.85. The molecule has 2 fully saturated rings. The maximum Gasteiger partial charge on any atom is 0.0510 e. The second-order valence-corrected chi connectivity index (χ2v) is 6.29. The van der Waals surface area contributed by atoms with Crippen LogP contribution in [0.15, 0.2) is 0 Å². The molecule has 1 saturated heterocycles. The van der Waals surface area contributed by atoms with Gasteiger partial charge in [-0.15, -0.1) is 0 Å². The third-order valence-corrected chi connectivity index (χ3v) is 5.02. The molecule has 1 N–H and O–H groups in total. The summed E-state index contributed by atoms with van der Waals surface area (Å²) in [5.74, 6) is 1.57. The van der Waals surface area contributed by atoms with Crippen LogP contribution in [0.25, 0.3) is 0 Å². The van der Waals surface area contributed by atoms with E-state index >= 15 is 0 Å². The number of hydrogen-bond acceptors (Lipinski definition) is 3. The van der Waals surface area contributed by atoms with Crippen molar-refractivity contribution in [3.05, 3.63) is 0 Å². The molecule has 2 rings (SSSR count). The molecule has 1 aliphatic heterocycles. The summed E-state index contributed by atoms with van der Waals surface area (Å²) in [6.45, 7) is 5.48. The Bertz CT molecular complexity index is 241. The van der Waals surface area contributed by atoms with Gasteiger partial charge in [-0.05, 0) is 39.3 Å². The second-order valence-electron chi connectivity index (χ2n) is 6.29. The zero-order valence-electron chi connectivity index (χ0n) is 12.3. The van der Waals surface area contributed by atoms with E-state index < -0.39 is 0 Å². The Morgan fingerprint density at radius 1 is 1.28 bits per heavy atom. The molecular formula is C15H30N2O. The van der Waals surface area contributed by atoms with Crippen LogP contribution in [0.5, 0.6) is 0 Å². The first kappa shape index (κ1) is 14.3. The summed E-state index contributed by atoms with van der Waals surface area (Å²) in [4.78, 5) is 2.60. The van der Waals surface area contributed by atoms with E-state index in [1.807, 2.05) is 0 Å². The fourth-order valence-corrected chi connectivity index (χ4v) is 3.74. The highest BCUT2D eigenvalue weighted by Crippen LogP contribution is 2.28. The zero-order valence-corrected chi connectivity index (χ0v) is 12.3. The van der Waals surface area contributed by atoms with E-state index in [-0.39, 0.29) is 0 Å². The summed E-state index contributed by atoms with van der Waals surface area (Å²) >= 11 is 0. The molecule has 0 spiro atoms. The van der Waals surface area contributed by atoms with Gasteiger partial charge >= 0.3 is 0 Å². The number of nitrogens with one attached hydrogen (secondary N) is 1. The molecule has 3 nitrogen and oxygen atoms in total. The average molecular weight is 254 g/mol. The van der Waals surface area contributed by atoms with Gasteiger partial charge in [0.25, 0.3) is 0 Å². The van der Waals surface area contributed by atoms with Crippen LogP contribution >= 0.6 is 0 Å². The van der Waals surface area contributed by atoms with Crippen molar-refractivity contribution in [2.75, 3.05) is 33.9 Å². The Balaban J connectivity index is 1.85. The number of likely N-dealkylation sites (N-methyl/N-ethyl adjacent to an activating group) is 2. The summed E-state index contributed by atoms with van der Waals surface area (Å²) in [6, 6.07) is 1.38. The summed E-state index contributed by atoms with van der Waals surface area (Å²) in [5, 5.41) is 3.51. The van der Waals surface area contributed by atoms with Crippen LogP contribution in [0, 0.1) is 11.8 Å². The molecule has 0 radical (unpaired) electrons. The summed E-state index contributed by atoms with van der Waals surface area (Å²) in [5.41, 5.74) is 0. The molecule has 18 heavy (non-hydrogen) atoms. The van der Waals surface area contributed by atoms with E-state index in [0.29, 0.717) is 12.0 Å². The molecule has 0 amide bonds. The lowest BCUT2D eigenvalue weighted by molar-refractivity contribution is 0.113. The fraction of sp³-hybridized carbons (Fsp3) is 1.00. The van der Waals surface area contributed by atoms with Gasteiger partial charge in [0.05, 0.1) is 6.61 Å². The largest absolute Gasteiger partial charge is 0.381 e. The van der Waals surface area contributed by atoms with Crippen LogP contribution in [-0.2, 0) is 4.74 Å².